The fourth-order valence-electron chi connectivity index (χ4n) is 2.12. The Bertz CT molecular complexity index is 870. The first-order chi connectivity index (χ1) is 12.0. The molecule has 0 atom stereocenters. The summed E-state index contributed by atoms with van der Waals surface area (Å²) in [5.74, 6) is 2.01. The van der Waals surface area contributed by atoms with Crippen molar-refractivity contribution < 1.29 is 23.1 Å². The molecule has 0 saturated carbocycles. The molecule has 7 nitrogen and oxygen atoms in total. The Morgan fingerprint density at radius 2 is 1.92 bits per heavy atom. The summed E-state index contributed by atoms with van der Waals surface area (Å²) < 4.78 is 22.2. The number of carbonyl (C=O) groups excluding carboxylic acids is 1. The maximum Gasteiger partial charge on any atom is 0.344 e. The first-order valence-electron chi connectivity index (χ1n) is 7.45. The molecule has 0 amide bonds. The van der Waals surface area contributed by atoms with Gasteiger partial charge in [-0.3, -0.25) is 0 Å². The van der Waals surface area contributed by atoms with E-state index >= 15 is 0 Å². The Balaban J connectivity index is 1.51. The number of nitrogens with zero attached hydrogens (tertiary/aromatic N) is 2. The van der Waals surface area contributed by atoms with Gasteiger partial charge in [0, 0.05) is 4.47 Å². The third-order valence-corrected chi connectivity index (χ3v) is 3.79. The highest BCUT2D eigenvalue weighted by Crippen LogP contribution is 2.25. The van der Waals surface area contributed by atoms with Gasteiger partial charge in [-0.25, -0.2) is 4.79 Å². The van der Waals surface area contributed by atoms with Crippen LogP contribution in [0, 0.1) is 13.8 Å². The molecule has 0 aliphatic heterocycles. The molecule has 1 aromatic carbocycles. The second-order valence-corrected chi connectivity index (χ2v) is 6.15. The second kappa shape index (κ2) is 7.52. The van der Waals surface area contributed by atoms with Gasteiger partial charge in [0.25, 0.3) is 11.8 Å². The van der Waals surface area contributed by atoms with E-state index in [4.69, 9.17) is 18.3 Å². The van der Waals surface area contributed by atoms with Crippen LogP contribution in [0.5, 0.6) is 5.75 Å². The molecule has 0 N–H and O–H groups in total. The number of ether oxygens (including phenoxy) is 2. The third-order valence-electron chi connectivity index (χ3n) is 3.27. The van der Waals surface area contributed by atoms with E-state index in [2.05, 4.69) is 26.1 Å². The molecule has 0 spiro atoms. The molecule has 0 unspecified atom stereocenters. The highest BCUT2D eigenvalue weighted by Gasteiger charge is 2.15. The van der Waals surface area contributed by atoms with Crippen LogP contribution >= 0.6 is 15.9 Å². The van der Waals surface area contributed by atoms with Gasteiger partial charge in [-0.2, -0.15) is 0 Å². The Hall–Kier alpha value is -2.61. The number of benzene rings is 1. The van der Waals surface area contributed by atoms with Crippen LogP contribution in [-0.2, 0) is 16.1 Å². The van der Waals surface area contributed by atoms with Crippen molar-refractivity contribution in [3.8, 4) is 17.2 Å². The van der Waals surface area contributed by atoms with Gasteiger partial charge in [0.15, 0.2) is 13.2 Å². The van der Waals surface area contributed by atoms with Gasteiger partial charge in [0.1, 0.15) is 17.3 Å². The monoisotopic (exact) mass is 406 g/mol. The minimum absolute atomic E-state index is 0.120. The van der Waals surface area contributed by atoms with Crippen LogP contribution in [0.2, 0.25) is 0 Å². The summed E-state index contributed by atoms with van der Waals surface area (Å²) in [6, 6.07) is 8.94. The minimum Gasteiger partial charge on any atom is -0.482 e. The number of halogens is 1. The van der Waals surface area contributed by atoms with E-state index in [1.54, 1.807) is 12.1 Å². The zero-order chi connectivity index (χ0) is 17.8. The van der Waals surface area contributed by atoms with E-state index in [-0.39, 0.29) is 19.1 Å². The number of rotatable bonds is 6. The SMILES string of the molecule is Cc1cc(-c2nnc(COC(=O)COc3ccc(Br)cc3)o2)c(C)o1. The normalized spacial score (nSPS) is 10.7. The molecule has 0 radical (unpaired) electrons. The van der Waals surface area contributed by atoms with Crippen LogP contribution in [0.4, 0.5) is 0 Å². The van der Waals surface area contributed by atoms with Crippen molar-refractivity contribution in [2.24, 2.45) is 0 Å². The summed E-state index contributed by atoms with van der Waals surface area (Å²) in [5.41, 5.74) is 0.723. The minimum atomic E-state index is -0.530. The van der Waals surface area contributed by atoms with Crippen LogP contribution < -0.4 is 4.74 Å². The molecule has 0 saturated heterocycles. The first-order valence-corrected chi connectivity index (χ1v) is 8.24. The number of furan rings is 1. The van der Waals surface area contributed by atoms with E-state index in [0.29, 0.717) is 17.4 Å². The smallest absolute Gasteiger partial charge is 0.344 e. The van der Waals surface area contributed by atoms with Gasteiger partial charge in [-0.15, -0.1) is 10.2 Å². The van der Waals surface area contributed by atoms with Crippen LogP contribution in [0.1, 0.15) is 17.4 Å². The molecule has 0 aliphatic rings. The lowest BCUT2D eigenvalue weighted by atomic mass is 10.2. The number of hydrogen-bond donors (Lipinski definition) is 0. The summed E-state index contributed by atoms with van der Waals surface area (Å²) in [7, 11) is 0. The lowest BCUT2D eigenvalue weighted by Crippen LogP contribution is -2.14. The molecule has 8 heteroatoms. The van der Waals surface area contributed by atoms with Crippen LogP contribution in [0.3, 0.4) is 0 Å². The van der Waals surface area contributed by atoms with Gasteiger partial charge in [-0.05, 0) is 44.2 Å². The lowest BCUT2D eigenvalue weighted by molar-refractivity contribution is -0.148. The van der Waals surface area contributed by atoms with Crippen LogP contribution in [0.15, 0.2) is 43.6 Å². The third kappa shape index (κ3) is 4.48. The van der Waals surface area contributed by atoms with Crippen molar-refractivity contribution in [2.45, 2.75) is 20.5 Å². The number of hydrogen-bond acceptors (Lipinski definition) is 7. The van der Waals surface area contributed by atoms with Crippen molar-refractivity contribution in [1.82, 2.24) is 10.2 Å². The number of carbonyl (C=O) groups is 1. The van der Waals surface area contributed by atoms with Crippen molar-refractivity contribution >= 4 is 21.9 Å². The van der Waals surface area contributed by atoms with Crippen LogP contribution in [0.25, 0.3) is 11.5 Å². The average Bonchev–Trinajstić information content (AvgIpc) is 3.18. The van der Waals surface area contributed by atoms with Gasteiger partial charge in [-0.1, -0.05) is 15.9 Å². The highest BCUT2D eigenvalue weighted by molar-refractivity contribution is 9.10. The van der Waals surface area contributed by atoms with E-state index in [1.165, 1.54) is 0 Å². The van der Waals surface area contributed by atoms with Crippen molar-refractivity contribution in [3.63, 3.8) is 0 Å². The summed E-state index contributed by atoms with van der Waals surface area (Å²) in [5, 5.41) is 7.80. The summed E-state index contributed by atoms with van der Waals surface area (Å²) in [4.78, 5) is 11.7. The molecule has 0 aliphatic carbocycles. The predicted octanol–water partition coefficient (Wildman–Crippen LogP) is 3.83. The van der Waals surface area contributed by atoms with Crippen molar-refractivity contribution in [1.29, 1.82) is 0 Å². The predicted molar refractivity (Wildman–Crippen MR) is 90.9 cm³/mol. The molecular formula is C17H15BrN2O5. The first kappa shape index (κ1) is 17.2. The largest absolute Gasteiger partial charge is 0.482 e. The number of aryl methyl sites for hydroxylation is 2. The quantitative estimate of drug-likeness (QED) is 0.574. The number of esters is 1. The Labute approximate surface area is 152 Å². The standard InChI is InChI=1S/C17H15BrN2O5/c1-10-7-14(11(2)24-10)17-20-19-15(25-17)8-23-16(21)9-22-13-5-3-12(18)4-6-13/h3-7H,8-9H2,1-2H3. The van der Waals surface area contributed by atoms with Crippen molar-refractivity contribution in [2.75, 3.05) is 6.61 Å². The van der Waals surface area contributed by atoms with Gasteiger partial charge >= 0.3 is 5.97 Å². The molecular weight excluding hydrogens is 392 g/mol. The summed E-state index contributed by atoms with van der Waals surface area (Å²) in [6.45, 7) is 3.32. The molecule has 25 heavy (non-hydrogen) atoms. The zero-order valence-corrected chi connectivity index (χ0v) is 15.2. The molecule has 3 aromatic rings. The molecule has 2 heterocycles. The second-order valence-electron chi connectivity index (χ2n) is 5.23. The Morgan fingerprint density at radius 1 is 1.16 bits per heavy atom. The highest BCUT2D eigenvalue weighted by atomic mass is 79.9. The molecule has 0 fully saturated rings. The summed E-state index contributed by atoms with van der Waals surface area (Å²) >= 11 is 3.32. The summed E-state index contributed by atoms with van der Waals surface area (Å²) in [6.07, 6.45) is 0. The van der Waals surface area contributed by atoms with Gasteiger partial charge in [0.2, 0.25) is 0 Å². The van der Waals surface area contributed by atoms with Crippen LogP contribution in [-0.4, -0.2) is 22.8 Å². The number of aromatic nitrogens is 2. The molecule has 3 rings (SSSR count). The van der Waals surface area contributed by atoms with Crippen molar-refractivity contribution in [3.05, 3.63) is 52.2 Å². The topological polar surface area (TPSA) is 87.6 Å². The zero-order valence-electron chi connectivity index (χ0n) is 13.6. The molecule has 0 bridgehead atoms. The van der Waals surface area contributed by atoms with Gasteiger partial charge < -0.3 is 18.3 Å². The maximum atomic E-state index is 11.7. The van der Waals surface area contributed by atoms with E-state index in [0.717, 1.165) is 15.8 Å². The molecule has 130 valence electrons. The Kier molecular flexibility index (Phi) is 5.18. The maximum absolute atomic E-state index is 11.7. The Morgan fingerprint density at radius 3 is 2.60 bits per heavy atom. The van der Waals surface area contributed by atoms with E-state index in [1.807, 2.05) is 32.0 Å². The van der Waals surface area contributed by atoms with E-state index in [9.17, 15) is 4.79 Å². The fraction of sp³-hybridized carbons (Fsp3) is 0.235. The van der Waals surface area contributed by atoms with Gasteiger partial charge in [0.05, 0.1) is 5.56 Å². The van der Waals surface area contributed by atoms with E-state index < -0.39 is 5.97 Å². The molecule has 2 aromatic heterocycles. The lowest BCUT2D eigenvalue weighted by Gasteiger charge is -2.05. The fourth-order valence-corrected chi connectivity index (χ4v) is 2.39. The average molecular weight is 407 g/mol.